The highest BCUT2D eigenvalue weighted by molar-refractivity contribution is 8.33. The molecule has 314 valence electrons. The van der Waals surface area contributed by atoms with Gasteiger partial charge in [-0.15, -0.1) is 0 Å². The first-order chi connectivity index (χ1) is 28.6. The highest BCUT2D eigenvalue weighted by atomic mass is 32.3. The molecule has 6 aromatic rings. The lowest BCUT2D eigenvalue weighted by Crippen LogP contribution is -2.42. The van der Waals surface area contributed by atoms with Crippen LogP contribution in [0.5, 0.6) is 0 Å². The Balaban J connectivity index is 1.20. The second-order valence-corrected chi connectivity index (χ2v) is 21.3. The lowest BCUT2D eigenvalue weighted by molar-refractivity contribution is -0.170. The van der Waals surface area contributed by atoms with E-state index in [1.807, 2.05) is 0 Å². The van der Waals surface area contributed by atoms with Crippen LogP contribution in [0.25, 0.3) is 0 Å². The summed E-state index contributed by atoms with van der Waals surface area (Å²) in [4.78, 5) is 26.6. The van der Waals surface area contributed by atoms with Crippen LogP contribution in [-0.4, -0.2) is 52.5 Å². The first-order valence-electron chi connectivity index (χ1n) is 17.6. The first kappa shape index (κ1) is 44.1. The van der Waals surface area contributed by atoms with Crippen LogP contribution in [0.3, 0.4) is 0 Å². The number of alkyl halides is 4. The van der Waals surface area contributed by atoms with Crippen LogP contribution in [-0.2, 0) is 46.6 Å². The van der Waals surface area contributed by atoms with E-state index in [1.54, 1.807) is 109 Å². The summed E-state index contributed by atoms with van der Waals surface area (Å²) in [6.45, 7) is -2.79. The van der Waals surface area contributed by atoms with Crippen molar-refractivity contribution < 1.29 is 60.7 Å². The molecule has 0 unspecified atom stereocenters. The monoisotopic (exact) mass is 902 g/mol. The van der Waals surface area contributed by atoms with Gasteiger partial charge in [0, 0.05) is 29.4 Å². The van der Waals surface area contributed by atoms with Crippen LogP contribution in [0.15, 0.2) is 211 Å². The number of halogens is 4. The molecule has 0 saturated heterocycles. The van der Waals surface area contributed by atoms with Crippen molar-refractivity contribution in [3.63, 3.8) is 0 Å². The Bertz CT molecular complexity index is 2230. The summed E-state index contributed by atoms with van der Waals surface area (Å²) in [6, 6.07) is 45.9. The fourth-order valence-corrected chi connectivity index (χ4v) is 15.8. The van der Waals surface area contributed by atoms with E-state index in [4.69, 9.17) is 7.26 Å². The molecule has 0 aliphatic rings. The van der Waals surface area contributed by atoms with E-state index in [2.05, 4.69) is 9.47 Å². The predicted molar refractivity (Wildman–Crippen MR) is 215 cm³/mol. The maximum Gasteiger partial charge on any atom is 0.466 e. The maximum absolute atomic E-state index is 15.7. The predicted octanol–water partition coefficient (Wildman–Crippen LogP) is 9.74. The van der Waals surface area contributed by atoms with Crippen molar-refractivity contribution in [3.05, 3.63) is 182 Å². The van der Waals surface area contributed by atoms with Gasteiger partial charge in [-0.1, -0.05) is 109 Å². The van der Waals surface area contributed by atoms with Crippen molar-refractivity contribution in [2.75, 3.05) is 13.2 Å². The van der Waals surface area contributed by atoms with Crippen LogP contribution in [0.4, 0.5) is 17.6 Å². The van der Waals surface area contributed by atoms with E-state index in [0.29, 0.717) is 0 Å². The van der Waals surface area contributed by atoms with Gasteiger partial charge in [-0.25, -0.2) is 16.8 Å². The molecule has 0 spiro atoms. The van der Waals surface area contributed by atoms with Gasteiger partial charge in [0.05, 0.1) is 0 Å². The molecule has 0 N–H and O–H groups in total. The summed E-state index contributed by atoms with van der Waals surface area (Å²) in [5.74, 6) is -5.38. The first-order valence-corrected chi connectivity index (χ1v) is 23.5. The van der Waals surface area contributed by atoms with Gasteiger partial charge < -0.3 is 9.47 Å². The molecule has 10 nitrogen and oxygen atoms in total. The van der Waals surface area contributed by atoms with E-state index in [-0.39, 0.29) is 29.4 Å². The largest absolute Gasteiger partial charge is 0.466 e. The molecule has 0 fully saturated rings. The molecule has 18 heteroatoms. The van der Waals surface area contributed by atoms with Gasteiger partial charge in [0.1, 0.15) is 13.2 Å². The number of hydrogen-bond donors (Lipinski definition) is 0. The number of carbonyl (C=O) groups excluding carboxylic acids is 2. The Morgan fingerprint density at radius 2 is 0.550 bits per heavy atom. The van der Waals surface area contributed by atoms with Crippen molar-refractivity contribution >= 4 is 52.8 Å². The second kappa shape index (κ2) is 18.0. The normalized spacial score (nSPS) is 13.2. The zero-order valence-corrected chi connectivity index (χ0v) is 34.2. The summed E-state index contributed by atoms with van der Waals surface area (Å²) in [6.07, 6.45) is 0. The van der Waals surface area contributed by atoms with Crippen LogP contribution in [0, 0.1) is 0 Å². The third-order valence-corrected chi connectivity index (χ3v) is 18.8. The van der Waals surface area contributed by atoms with Crippen molar-refractivity contribution in [1.29, 1.82) is 0 Å². The highest BCUT2D eigenvalue weighted by Crippen LogP contribution is 2.71. The molecule has 0 saturated carbocycles. The summed E-state index contributed by atoms with van der Waals surface area (Å²) >= 11 is 0. The molecule has 0 bridgehead atoms. The third kappa shape index (κ3) is 8.57. The van der Waals surface area contributed by atoms with Crippen LogP contribution >= 0.6 is 20.6 Å². The smallest absolute Gasteiger partial charge is 0.457 e. The van der Waals surface area contributed by atoms with Crippen molar-refractivity contribution in [2.45, 2.75) is 39.9 Å². The van der Waals surface area contributed by atoms with Gasteiger partial charge in [-0.3, -0.25) is 0 Å². The van der Waals surface area contributed by atoms with Gasteiger partial charge in [0.2, 0.25) is 0 Å². The third-order valence-electron chi connectivity index (χ3n) is 8.49. The van der Waals surface area contributed by atoms with Gasteiger partial charge in [-0.2, -0.15) is 34.4 Å². The molecule has 6 aromatic carbocycles. The van der Waals surface area contributed by atoms with E-state index >= 15 is 17.6 Å². The number of carbonyl (C=O) groups is 2. The van der Waals surface area contributed by atoms with Crippen molar-refractivity contribution in [1.82, 2.24) is 0 Å². The minimum atomic E-state index is -6.24. The molecule has 0 radical (unpaired) electrons. The quantitative estimate of drug-likeness (QED) is 0.0494. The van der Waals surface area contributed by atoms with E-state index in [0.717, 1.165) is 0 Å². The molecule has 0 heterocycles. The SMILES string of the molecule is O=C(OCCOC(=O)C(F)(F)S(=O)(=O)OS(c1ccccc1)(c1ccccc1)c1ccccc1)C(F)(F)S(=O)(=O)OS(c1ccccc1)(c1ccccc1)c1ccccc1. The van der Waals surface area contributed by atoms with Gasteiger partial charge in [0.15, 0.2) is 0 Å². The second-order valence-electron chi connectivity index (χ2n) is 12.3. The average molecular weight is 903 g/mol. The topological polar surface area (TPSA) is 139 Å². The van der Waals surface area contributed by atoms with Gasteiger partial charge in [-0.05, 0) is 93.4 Å². The molecule has 6 rings (SSSR count). The number of esters is 2. The van der Waals surface area contributed by atoms with Crippen molar-refractivity contribution in [2.24, 2.45) is 0 Å². The molecule has 0 amide bonds. The van der Waals surface area contributed by atoms with Crippen molar-refractivity contribution in [3.8, 4) is 0 Å². The number of ether oxygens (including phenoxy) is 2. The minimum absolute atomic E-state index is 0.178. The fraction of sp³-hybridized carbons (Fsp3) is 0.0952. The Labute approximate surface area is 347 Å². The standard InChI is InChI=1S/C42H34F4O10S4/c43-41(44,59(49,50)55-57(33-19-7-1-8-20-33,34-21-9-2-10-22-34)35-23-11-3-12-24-35)39(47)53-31-32-54-40(48)42(45,46)60(51,52)56-58(36-25-13-4-14-26-36,37-27-15-5-16-28-37)38-29-17-6-18-30-38/h1-30H,31-32H2. The molecular formula is C42H34F4O10S4. The number of rotatable bonds is 17. The summed E-state index contributed by atoms with van der Waals surface area (Å²) in [5, 5.41) is -10.8. The molecular weight excluding hydrogens is 869 g/mol. The summed E-state index contributed by atoms with van der Waals surface area (Å²) in [7, 11) is -19.5. The van der Waals surface area contributed by atoms with Crippen LogP contribution < -0.4 is 0 Å². The van der Waals surface area contributed by atoms with Gasteiger partial charge >= 0.3 is 42.7 Å². The number of hydrogen-bond acceptors (Lipinski definition) is 10. The Kier molecular flexibility index (Phi) is 13.2. The fourth-order valence-electron chi connectivity index (χ4n) is 5.72. The van der Waals surface area contributed by atoms with E-state index in [9.17, 15) is 26.4 Å². The van der Waals surface area contributed by atoms with E-state index in [1.165, 1.54) is 72.8 Å². The zero-order valence-electron chi connectivity index (χ0n) is 31.0. The average Bonchev–Trinajstić information content (AvgIpc) is 3.27. The molecule has 60 heavy (non-hydrogen) atoms. The lowest BCUT2D eigenvalue weighted by Gasteiger charge is -2.39. The molecule has 0 aromatic heterocycles. The highest BCUT2D eigenvalue weighted by Gasteiger charge is 2.60. The molecule has 0 aliphatic carbocycles. The van der Waals surface area contributed by atoms with E-state index < -0.39 is 76.5 Å². The Morgan fingerprint density at radius 1 is 0.367 bits per heavy atom. The number of benzene rings is 6. The molecule has 0 atom stereocenters. The van der Waals surface area contributed by atoms with Crippen LogP contribution in [0.2, 0.25) is 0 Å². The summed E-state index contributed by atoms with van der Waals surface area (Å²) < 4.78 is 137. The van der Waals surface area contributed by atoms with Gasteiger partial charge in [0.25, 0.3) is 0 Å². The Morgan fingerprint density at radius 3 is 0.733 bits per heavy atom. The Hall–Kier alpha value is -5.50. The minimum Gasteiger partial charge on any atom is -0.457 e. The van der Waals surface area contributed by atoms with Crippen LogP contribution in [0.1, 0.15) is 0 Å². The summed E-state index contributed by atoms with van der Waals surface area (Å²) in [5.41, 5.74) is 0. The molecule has 0 aliphatic heterocycles. The maximum atomic E-state index is 15.7. The lowest BCUT2D eigenvalue weighted by atomic mass is 10.4. The zero-order chi connectivity index (χ0) is 43.1.